The van der Waals surface area contributed by atoms with Gasteiger partial charge in [0, 0.05) is 30.1 Å². The van der Waals surface area contributed by atoms with Gasteiger partial charge in [-0.05, 0) is 0 Å². The van der Waals surface area contributed by atoms with E-state index in [1.54, 1.807) is 24.5 Å². The molecule has 15 heavy (non-hydrogen) atoms. The molecule has 5 heteroatoms. The van der Waals surface area contributed by atoms with Crippen LogP contribution in [0.5, 0.6) is 0 Å². The molecule has 0 radical (unpaired) electrons. The van der Waals surface area contributed by atoms with E-state index < -0.39 is 4.92 Å². The number of H-pyrrole nitrogens is 1. The molecule has 1 aromatic carbocycles. The Morgan fingerprint density at radius 1 is 1.40 bits per heavy atom. The molecule has 2 rings (SSSR count). The molecule has 2 aromatic rings. The summed E-state index contributed by atoms with van der Waals surface area (Å²) in [5, 5.41) is 10.5. The highest BCUT2D eigenvalue weighted by Gasteiger charge is 2.07. The number of imidazole rings is 1. The van der Waals surface area contributed by atoms with Crippen LogP contribution in [0.25, 0.3) is 11.4 Å². The van der Waals surface area contributed by atoms with E-state index in [0.717, 1.165) is 0 Å². The standard InChI is InChI=1S/C9H7N3O2.CH4/c13-12(14)8-3-1-2-7(6-8)9-10-4-5-11-9;/h1-6H,(H,10,11);1H4. The fourth-order valence-electron chi connectivity index (χ4n) is 1.19. The number of benzene rings is 1. The zero-order valence-corrected chi connectivity index (χ0v) is 7.18. The first-order chi connectivity index (χ1) is 6.77. The smallest absolute Gasteiger partial charge is 0.270 e. The predicted octanol–water partition coefficient (Wildman–Crippen LogP) is 2.62. The van der Waals surface area contributed by atoms with E-state index in [4.69, 9.17) is 0 Å². The van der Waals surface area contributed by atoms with Crippen LogP contribution in [0.15, 0.2) is 36.7 Å². The van der Waals surface area contributed by atoms with Gasteiger partial charge in [-0.15, -0.1) is 0 Å². The van der Waals surface area contributed by atoms with Gasteiger partial charge in [-0.25, -0.2) is 4.98 Å². The first-order valence-corrected chi connectivity index (χ1v) is 4.01. The molecule has 1 heterocycles. The number of aromatic amines is 1. The predicted molar refractivity (Wildman–Crippen MR) is 57.4 cm³/mol. The molecule has 0 atom stereocenters. The summed E-state index contributed by atoms with van der Waals surface area (Å²) >= 11 is 0. The third kappa shape index (κ3) is 2.19. The van der Waals surface area contributed by atoms with Crippen LogP contribution in [-0.4, -0.2) is 14.9 Å². The fraction of sp³-hybridized carbons (Fsp3) is 0.100. The second-order valence-electron chi connectivity index (χ2n) is 2.75. The number of nitro benzene ring substituents is 1. The Balaban J connectivity index is 0.00000112. The van der Waals surface area contributed by atoms with Crippen molar-refractivity contribution in [3.05, 3.63) is 46.8 Å². The van der Waals surface area contributed by atoms with Gasteiger partial charge in [-0.2, -0.15) is 0 Å². The van der Waals surface area contributed by atoms with Crippen LogP contribution >= 0.6 is 0 Å². The van der Waals surface area contributed by atoms with Crippen LogP contribution < -0.4 is 0 Å². The highest BCUT2D eigenvalue weighted by atomic mass is 16.6. The number of nitrogens with one attached hydrogen (secondary N) is 1. The van der Waals surface area contributed by atoms with Crippen LogP contribution in [0.3, 0.4) is 0 Å². The average Bonchev–Trinajstić information content (AvgIpc) is 2.71. The van der Waals surface area contributed by atoms with Gasteiger partial charge >= 0.3 is 0 Å². The molecule has 0 fully saturated rings. The van der Waals surface area contributed by atoms with Gasteiger partial charge in [-0.1, -0.05) is 19.6 Å². The van der Waals surface area contributed by atoms with Gasteiger partial charge in [-0.3, -0.25) is 10.1 Å². The Kier molecular flexibility index (Phi) is 3.17. The quantitative estimate of drug-likeness (QED) is 0.605. The Hall–Kier alpha value is -2.17. The lowest BCUT2D eigenvalue weighted by atomic mass is 10.2. The van der Waals surface area contributed by atoms with E-state index in [2.05, 4.69) is 9.97 Å². The molecular formula is C10H11N3O2. The number of nitrogens with zero attached hydrogens (tertiary/aromatic N) is 2. The van der Waals surface area contributed by atoms with Gasteiger partial charge in [0.1, 0.15) is 5.82 Å². The summed E-state index contributed by atoms with van der Waals surface area (Å²) in [5.41, 5.74) is 0.781. The average molecular weight is 205 g/mol. The highest BCUT2D eigenvalue weighted by Crippen LogP contribution is 2.20. The molecule has 0 spiro atoms. The molecule has 1 N–H and O–H groups in total. The van der Waals surface area contributed by atoms with Crippen molar-refractivity contribution in [2.75, 3.05) is 0 Å². The maximum absolute atomic E-state index is 10.5. The van der Waals surface area contributed by atoms with E-state index in [0.29, 0.717) is 11.4 Å². The van der Waals surface area contributed by atoms with E-state index in [9.17, 15) is 10.1 Å². The number of hydrogen-bond acceptors (Lipinski definition) is 3. The maximum atomic E-state index is 10.5. The molecule has 0 aliphatic carbocycles. The van der Waals surface area contributed by atoms with Crippen molar-refractivity contribution in [1.82, 2.24) is 9.97 Å². The Morgan fingerprint density at radius 2 is 2.20 bits per heavy atom. The summed E-state index contributed by atoms with van der Waals surface area (Å²) in [6, 6.07) is 6.34. The van der Waals surface area contributed by atoms with Gasteiger partial charge < -0.3 is 4.98 Å². The molecule has 1 aromatic heterocycles. The molecule has 0 saturated carbocycles. The summed E-state index contributed by atoms with van der Waals surface area (Å²) in [6.45, 7) is 0. The summed E-state index contributed by atoms with van der Waals surface area (Å²) in [6.07, 6.45) is 3.28. The topological polar surface area (TPSA) is 71.8 Å². The lowest BCUT2D eigenvalue weighted by Gasteiger charge is -1.95. The maximum Gasteiger partial charge on any atom is 0.270 e. The van der Waals surface area contributed by atoms with Gasteiger partial charge in [0.25, 0.3) is 5.69 Å². The van der Waals surface area contributed by atoms with Crippen LogP contribution in [0, 0.1) is 10.1 Å². The van der Waals surface area contributed by atoms with Crippen molar-refractivity contribution >= 4 is 5.69 Å². The van der Waals surface area contributed by atoms with Crippen LogP contribution in [-0.2, 0) is 0 Å². The number of hydrogen-bond donors (Lipinski definition) is 1. The molecule has 5 nitrogen and oxygen atoms in total. The summed E-state index contributed by atoms with van der Waals surface area (Å²) in [7, 11) is 0. The summed E-state index contributed by atoms with van der Waals surface area (Å²) in [4.78, 5) is 17.0. The highest BCUT2D eigenvalue weighted by molar-refractivity contribution is 5.58. The molecular weight excluding hydrogens is 194 g/mol. The van der Waals surface area contributed by atoms with E-state index in [1.807, 2.05) is 0 Å². The third-order valence-corrected chi connectivity index (χ3v) is 1.83. The molecule has 0 unspecified atom stereocenters. The first kappa shape index (κ1) is 10.9. The van der Waals surface area contributed by atoms with Crippen LogP contribution in [0.2, 0.25) is 0 Å². The Labute approximate surface area is 86.9 Å². The zero-order valence-electron chi connectivity index (χ0n) is 7.18. The molecule has 0 amide bonds. The lowest BCUT2D eigenvalue weighted by Crippen LogP contribution is -1.88. The van der Waals surface area contributed by atoms with Crippen LogP contribution in [0.1, 0.15) is 7.43 Å². The minimum atomic E-state index is -0.424. The number of aromatic nitrogens is 2. The molecule has 0 aliphatic heterocycles. The first-order valence-electron chi connectivity index (χ1n) is 4.01. The van der Waals surface area contributed by atoms with Crippen molar-refractivity contribution in [3.8, 4) is 11.4 Å². The van der Waals surface area contributed by atoms with Crippen molar-refractivity contribution in [3.63, 3.8) is 0 Å². The fourth-order valence-corrected chi connectivity index (χ4v) is 1.19. The lowest BCUT2D eigenvalue weighted by molar-refractivity contribution is -0.384. The number of non-ortho nitro benzene ring substituents is 1. The second kappa shape index (κ2) is 4.36. The van der Waals surface area contributed by atoms with Crippen molar-refractivity contribution in [2.24, 2.45) is 0 Å². The van der Waals surface area contributed by atoms with Gasteiger partial charge in [0.15, 0.2) is 0 Å². The summed E-state index contributed by atoms with van der Waals surface area (Å²) < 4.78 is 0. The normalized spacial score (nSPS) is 9.33. The largest absolute Gasteiger partial charge is 0.345 e. The van der Waals surface area contributed by atoms with Crippen molar-refractivity contribution < 1.29 is 4.92 Å². The molecule has 78 valence electrons. The van der Waals surface area contributed by atoms with Crippen molar-refractivity contribution in [2.45, 2.75) is 7.43 Å². The SMILES string of the molecule is C.O=[N+]([O-])c1cccc(-c2ncc[nH]2)c1. The van der Waals surface area contributed by atoms with Crippen LogP contribution in [0.4, 0.5) is 5.69 Å². The van der Waals surface area contributed by atoms with E-state index >= 15 is 0 Å². The Bertz CT molecular complexity index is 451. The zero-order chi connectivity index (χ0) is 9.97. The van der Waals surface area contributed by atoms with E-state index in [1.165, 1.54) is 12.1 Å². The minimum absolute atomic E-state index is 0. The monoisotopic (exact) mass is 205 g/mol. The molecule has 0 saturated heterocycles. The molecule has 0 bridgehead atoms. The minimum Gasteiger partial charge on any atom is -0.345 e. The number of rotatable bonds is 2. The molecule has 0 aliphatic rings. The second-order valence-corrected chi connectivity index (χ2v) is 2.75. The van der Waals surface area contributed by atoms with Gasteiger partial charge in [0.05, 0.1) is 4.92 Å². The Morgan fingerprint density at radius 3 is 2.80 bits per heavy atom. The summed E-state index contributed by atoms with van der Waals surface area (Å²) in [5.74, 6) is 0.633. The van der Waals surface area contributed by atoms with Crippen molar-refractivity contribution in [1.29, 1.82) is 0 Å². The third-order valence-electron chi connectivity index (χ3n) is 1.83. The number of nitro groups is 1. The van der Waals surface area contributed by atoms with E-state index in [-0.39, 0.29) is 13.1 Å². The van der Waals surface area contributed by atoms with Gasteiger partial charge in [0.2, 0.25) is 0 Å².